The Labute approximate surface area is 128 Å². The minimum Gasteiger partial charge on any atom is -0.271 e. The highest BCUT2D eigenvalue weighted by molar-refractivity contribution is 7.99. The van der Waals surface area contributed by atoms with Gasteiger partial charge in [0.25, 0.3) is 0 Å². The van der Waals surface area contributed by atoms with Crippen LogP contribution in [0.25, 0.3) is 0 Å². The van der Waals surface area contributed by atoms with E-state index >= 15 is 0 Å². The molecular formula is C15H18ClN3S. The standard InChI is InChI=1S/C15H18ClN3S/c1-11-2-4-14(5-3-11)20-10-13(19-17)8-12-6-7-18-9-15(12)16/h2-7,9,13,19H,8,10,17H2,1H3. The fourth-order valence-corrected chi connectivity index (χ4v) is 2.97. The Kier molecular flexibility index (Phi) is 5.86. The number of nitrogens with one attached hydrogen (secondary N) is 1. The van der Waals surface area contributed by atoms with E-state index in [-0.39, 0.29) is 6.04 Å². The molecule has 5 heteroatoms. The van der Waals surface area contributed by atoms with Crippen molar-refractivity contribution in [3.05, 3.63) is 58.9 Å². The topological polar surface area (TPSA) is 50.9 Å². The lowest BCUT2D eigenvalue weighted by Gasteiger charge is -2.16. The second-order valence-corrected chi connectivity index (χ2v) is 6.16. The molecule has 1 aromatic heterocycles. The number of hydrogen-bond donors (Lipinski definition) is 2. The van der Waals surface area contributed by atoms with Crippen molar-refractivity contribution >= 4 is 23.4 Å². The van der Waals surface area contributed by atoms with Crippen molar-refractivity contribution < 1.29 is 0 Å². The van der Waals surface area contributed by atoms with Gasteiger partial charge in [-0.1, -0.05) is 29.3 Å². The Hall–Kier alpha value is -1.07. The van der Waals surface area contributed by atoms with Gasteiger partial charge in [-0.15, -0.1) is 11.8 Å². The van der Waals surface area contributed by atoms with Gasteiger partial charge < -0.3 is 0 Å². The highest BCUT2D eigenvalue weighted by Crippen LogP contribution is 2.21. The molecule has 0 aliphatic heterocycles. The SMILES string of the molecule is Cc1ccc(SCC(Cc2ccncc2Cl)NN)cc1. The van der Waals surface area contributed by atoms with Gasteiger partial charge >= 0.3 is 0 Å². The molecule has 1 aromatic carbocycles. The van der Waals surface area contributed by atoms with Crippen molar-refractivity contribution in [1.29, 1.82) is 0 Å². The highest BCUT2D eigenvalue weighted by atomic mass is 35.5. The number of aromatic nitrogens is 1. The van der Waals surface area contributed by atoms with Gasteiger partial charge in [-0.3, -0.25) is 16.3 Å². The van der Waals surface area contributed by atoms with E-state index in [2.05, 4.69) is 41.6 Å². The molecule has 1 heterocycles. The largest absolute Gasteiger partial charge is 0.271 e. The van der Waals surface area contributed by atoms with Crippen molar-refractivity contribution in [2.24, 2.45) is 5.84 Å². The molecule has 0 aliphatic carbocycles. The number of halogens is 1. The Morgan fingerprint density at radius 2 is 2.05 bits per heavy atom. The molecule has 0 bridgehead atoms. The van der Waals surface area contributed by atoms with Gasteiger partial charge in [-0.2, -0.15) is 0 Å². The molecule has 3 nitrogen and oxygen atoms in total. The molecular weight excluding hydrogens is 290 g/mol. The predicted molar refractivity (Wildman–Crippen MR) is 86.0 cm³/mol. The first kappa shape index (κ1) is 15.3. The second-order valence-electron chi connectivity index (χ2n) is 4.66. The lowest BCUT2D eigenvalue weighted by molar-refractivity contribution is 0.575. The van der Waals surface area contributed by atoms with E-state index in [4.69, 9.17) is 17.4 Å². The number of pyridine rings is 1. The summed E-state index contributed by atoms with van der Waals surface area (Å²) in [5, 5.41) is 0.688. The summed E-state index contributed by atoms with van der Waals surface area (Å²) in [5.74, 6) is 6.52. The number of hydrogen-bond acceptors (Lipinski definition) is 4. The molecule has 0 spiro atoms. The van der Waals surface area contributed by atoms with Gasteiger partial charge in [0.15, 0.2) is 0 Å². The Bertz CT molecular complexity index is 545. The van der Waals surface area contributed by atoms with Crippen molar-refractivity contribution in [2.45, 2.75) is 24.3 Å². The third kappa shape index (κ3) is 4.49. The number of thioether (sulfide) groups is 1. The van der Waals surface area contributed by atoms with Gasteiger partial charge in [0, 0.05) is 29.1 Å². The minimum atomic E-state index is 0.168. The van der Waals surface area contributed by atoms with Crippen LogP contribution in [0, 0.1) is 6.92 Å². The molecule has 0 saturated carbocycles. The lowest BCUT2D eigenvalue weighted by Crippen LogP contribution is -2.38. The summed E-state index contributed by atoms with van der Waals surface area (Å²) in [6.07, 6.45) is 4.20. The number of benzene rings is 1. The highest BCUT2D eigenvalue weighted by Gasteiger charge is 2.10. The first-order valence-electron chi connectivity index (χ1n) is 6.43. The summed E-state index contributed by atoms with van der Waals surface area (Å²) >= 11 is 7.91. The zero-order valence-corrected chi connectivity index (χ0v) is 12.9. The van der Waals surface area contributed by atoms with Crippen molar-refractivity contribution in [3.8, 4) is 0 Å². The van der Waals surface area contributed by atoms with E-state index in [0.717, 1.165) is 17.7 Å². The summed E-state index contributed by atoms with van der Waals surface area (Å²) in [5.41, 5.74) is 5.19. The minimum absolute atomic E-state index is 0.168. The number of nitrogens with two attached hydrogens (primary N) is 1. The Morgan fingerprint density at radius 3 is 2.70 bits per heavy atom. The van der Waals surface area contributed by atoms with Crippen LogP contribution in [0.15, 0.2) is 47.6 Å². The lowest BCUT2D eigenvalue weighted by atomic mass is 10.1. The smallest absolute Gasteiger partial charge is 0.0621 e. The molecule has 2 rings (SSSR count). The second kappa shape index (κ2) is 7.64. The van der Waals surface area contributed by atoms with Crippen molar-refractivity contribution in [2.75, 3.05) is 5.75 Å². The van der Waals surface area contributed by atoms with E-state index in [9.17, 15) is 0 Å². The van der Waals surface area contributed by atoms with Crippen LogP contribution in [0.3, 0.4) is 0 Å². The summed E-state index contributed by atoms with van der Waals surface area (Å²) < 4.78 is 0. The molecule has 0 radical (unpaired) electrons. The Balaban J connectivity index is 1.92. The average molecular weight is 308 g/mol. The molecule has 106 valence electrons. The molecule has 1 unspecified atom stereocenters. The van der Waals surface area contributed by atoms with Crippen LogP contribution >= 0.6 is 23.4 Å². The maximum Gasteiger partial charge on any atom is 0.0621 e. The fraction of sp³-hybridized carbons (Fsp3) is 0.267. The van der Waals surface area contributed by atoms with Gasteiger partial charge in [0.05, 0.1) is 5.02 Å². The molecule has 0 saturated heterocycles. The van der Waals surface area contributed by atoms with Crippen molar-refractivity contribution in [3.63, 3.8) is 0 Å². The number of aryl methyl sites for hydroxylation is 1. The first-order chi connectivity index (χ1) is 9.69. The van der Waals surface area contributed by atoms with Crippen LogP contribution < -0.4 is 11.3 Å². The normalized spacial score (nSPS) is 12.3. The van der Waals surface area contributed by atoms with Crippen molar-refractivity contribution in [1.82, 2.24) is 10.4 Å². The molecule has 0 fully saturated rings. The van der Waals surface area contributed by atoms with E-state index in [1.807, 2.05) is 6.07 Å². The van der Waals surface area contributed by atoms with Gasteiger partial charge in [0.2, 0.25) is 0 Å². The molecule has 20 heavy (non-hydrogen) atoms. The quantitative estimate of drug-likeness (QED) is 0.489. The number of nitrogens with zero attached hydrogens (tertiary/aromatic N) is 1. The van der Waals surface area contributed by atoms with Crippen LogP contribution in [0.1, 0.15) is 11.1 Å². The Morgan fingerprint density at radius 1 is 1.30 bits per heavy atom. The van der Waals surface area contributed by atoms with E-state index in [1.54, 1.807) is 24.2 Å². The summed E-state index contributed by atoms with van der Waals surface area (Å²) in [7, 11) is 0. The molecule has 0 amide bonds. The van der Waals surface area contributed by atoms with Crippen LogP contribution in [0.4, 0.5) is 0 Å². The molecule has 1 atom stereocenters. The molecule has 3 N–H and O–H groups in total. The third-order valence-electron chi connectivity index (χ3n) is 3.03. The summed E-state index contributed by atoms with van der Waals surface area (Å²) in [6.45, 7) is 2.09. The van der Waals surface area contributed by atoms with Gasteiger partial charge in [-0.05, 0) is 37.1 Å². The molecule has 2 aromatic rings. The van der Waals surface area contributed by atoms with E-state index in [1.165, 1.54) is 10.5 Å². The summed E-state index contributed by atoms with van der Waals surface area (Å²) in [4.78, 5) is 5.24. The van der Waals surface area contributed by atoms with Crippen LogP contribution in [0.5, 0.6) is 0 Å². The van der Waals surface area contributed by atoms with Crippen LogP contribution in [-0.4, -0.2) is 16.8 Å². The third-order valence-corrected chi connectivity index (χ3v) is 4.55. The van der Waals surface area contributed by atoms with Crippen LogP contribution in [-0.2, 0) is 6.42 Å². The zero-order chi connectivity index (χ0) is 14.4. The fourth-order valence-electron chi connectivity index (χ4n) is 1.83. The number of hydrazine groups is 1. The maximum atomic E-state index is 6.12. The summed E-state index contributed by atoms with van der Waals surface area (Å²) in [6, 6.07) is 10.6. The molecule has 0 aliphatic rings. The van der Waals surface area contributed by atoms with Gasteiger partial charge in [0.1, 0.15) is 0 Å². The maximum absolute atomic E-state index is 6.12. The zero-order valence-electron chi connectivity index (χ0n) is 11.3. The predicted octanol–water partition coefficient (Wildman–Crippen LogP) is 3.21. The van der Waals surface area contributed by atoms with Crippen LogP contribution in [0.2, 0.25) is 5.02 Å². The average Bonchev–Trinajstić information content (AvgIpc) is 2.47. The van der Waals surface area contributed by atoms with E-state index in [0.29, 0.717) is 5.02 Å². The first-order valence-corrected chi connectivity index (χ1v) is 7.79. The van der Waals surface area contributed by atoms with Gasteiger partial charge in [-0.25, -0.2) is 0 Å². The number of rotatable bonds is 6. The van der Waals surface area contributed by atoms with E-state index < -0.39 is 0 Å². The monoisotopic (exact) mass is 307 g/mol.